The minimum Gasteiger partial charge on any atom is -0.486 e. The van der Waals surface area contributed by atoms with E-state index in [4.69, 9.17) is 9.47 Å². The van der Waals surface area contributed by atoms with Gasteiger partial charge in [0.25, 0.3) is 0 Å². The Morgan fingerprint density at radius 3 is 2.48 bits per heavy atom. The van der Waals surface area contributed by atoms with Crippen molar-refractivity contribution in [1.82, 2.24) is 14.7 Å². The van der Waals surface area contributed by atoms with E-state index in [-0.39, 0.29) is 12.1 Å². The number of β-amino-alcohol motifs (C(OH)–C–C–N with tert-alkyl or cyclic N) is 1. The van der Waals surface area contributed by atoms with Crippen molar-refractivity contribution in [2.24, 2.45) is 0 Å². The number of aryl methyl sites for hydroxylation is 1. The van der Waals surface area contributed by atoms with Crippen LogP contribution in [0.1, 0.15) is 5.56 Å². The number of aliphatic hydroxyl groups excluding tert-OH is 1. The number of rotatable bonds is 2. The van der Waals surface area contributed by atoms with Crippen molar-refractivity contribution >= 4 is 11.7 Å². The van der Waals surface area contributed by atoms with Gasteiger partial charge in [-0.05, 0) is 25.6 Å². The Bertz CT molecular complexity index is 705. The summed E-state index contributed by atoms with van der Waals surface area (Å²) in [5.74, 6) is 1.36. The van der Waals surface area contributed by atoms with Crippen LogP contribution in [0.15, 0.2) is 12.1 Å². The van der Waals surface area contributed by atoms with Crippen LogP contribution in [0.5, 0.6) is 11.5 Å². The molecule has 0 aliphatic carbocycles. The minimum absolute atomic E-state index is 0.00538. The molecule has 0 aromatic heterocycles. The van der Waals surface area contributed by atoms with E-state index in [9.17, 15) is 9.90 Å². The van der Waals surface area contributed by atoms with Crippen LogP contribution in [-0.2, 0) is 0 Å². The Kier molecular flexibility index (Phi) is 5.12. The van der Waals surface area contributed by atoms with Gasteiger partial charge in [0.15, 0.2) is 11.5 Å². The topological polar surface area (TPSA) is 77.5 Å². The van der Waals surface area contributed by atoms with E-state index in [0.29, 0.717) is 43.5 Å². The van der Waals surface area contributed by atoms with Gasteiger partial charge in [0.1, 0.15) is 13.2 Å². The summed E-state index contributed by atoms with van der Waals surface area (Å²) >= 11 is 0. The van der Waals surface area contributed by atoms with Gasteiger partial charge in [0.05, 0.1) is 18.7 Å². The van der Waals surface area contributed by atoms with E-state index in [0.717, 1.165) is 31.7 Å². The van der Waals surface area contributed by atoms with Crippen LogP contribution in [0.4, 0.5) is 10.5 Å². The van der Waals surface area contributed by atoms with E-state index < -0.39 is 6.10 Å². The largest absolute Gasteiger partial charge is 0.486 e. The molecule has 0 bridgehead atoms. The first-order valence-electron chi connectivity index (χ1n) is 9.58. The average Bonchev–Trinajstić information content (AvgIpc) is 3.05. The van der Waals surface area contributed by atoms with Crippen LogP contribution in [0.2, 0.25) is 0 Å². The summed E-state index contributed by atoms with van der Waals surface area (Å²) in [4.78, 5) is 19.0. The molecule has 2 amide bonds. The van der Waals surface area contributed by atoms with E-state index >= 15 is 0 Å². The van der Waals surface area contributed by atoms with Crippen molar-refractivity contribution in [2.45, 2.75) is 19.1 Å². The number of fused-ring (bicyclic) bond motifs is 1. The number of anilines is 1. The Balaban J connectivity index is 1.40. The van der Waals surface area contributed by atoms with Crippen LogP contribution in [0.3, 0.4) is 0 Å². The number of aliphatic hydroxyl groups is 1. The molecule has 2 N–H and O–H groups in total. The van der Waals surface area contributed by atoms with E-state index in [1.54, 1.807) is 4.90 Å². The number of likely N-dealkylation sites (tertiary alicyclic amines) is 1. The normalized spacial score (nSPS) is 26.3. The van der Waals surface area contributed by atoms with E-state index in [2.05, 4.69) is 22.2 Å². The second-order valence-corrected chi connectivity index (χ2v) is 7.62. The maximum absolute atomic E-state index is 12.8. The van der Waals surface area contributed by atoms with E-state index in [1.165, 1.54) is 0 Å². The lowest BCUT2D eigenvalue weighted by molar-refractivity contribution is 0.0512. The van der Waals surface area contributed by atoms with Crippen LogP contribution >= 0.6 is 0 Å². The monoisotopic (exact) mass is 376 g/mol. The third-order valence-electron chi connectivity index (χ3n) is 5.68. The van der Waals surface area contributed by atoms with Crippen LogP contribution in [0.25, 0.3) is 0 Å². The predicted octanol–water partition coefficient (Wildman–Crippen LogP) is 0.591. The lowest BCUT2D eigenvalue weighted by Gasteiger charge is -2.37. The fourth-order valence-corrected chi connectivity index (χ4v) is 3.97. The lowest BCUT2D eigenvalue weighted by atomic mass is 10.1. The van der Waals surface area contributed by atoms with Gasteiger partial charge >= 0.3 is 6.03 Å². The Labute approximate surface area is 159 Å². The Morgan fingerprint density at radius 2 is 1.78 bits per heavy atom. The number of hydrogen-bond donors (Lipinski definition) is 2. The molecule has 3 aliphatic heterocycles. The maximum atomic E-state index is 12.8. The lowest BCUT2D eigenvalue weighted by Crippen LogP contribution is -2.52. The highest BCUT2D eigenvalue weighted by Gasteiger charge is 2.38. The number of carbonyl (C=O) groups is 1. The quantitative estimate of drug-likeness (QED) is 0.787. The van der Waals surface area contributed by atoms with Crippen molar-refractivity contribution in [3.63, 3.8) is 0 Å². The van der Waals surface area contributed by atoms with Crippen molar-refractivity contribution in [1.29, 1.82) is 0 Å². The number of nitrogens with one attached hydrogen (secondary N) is 1. The Hall–Kier alpha value is -2.03. The maximum Gasteiger partial charge on any atom is 0.321 e. The van der Waals surface area contributed by atoms with E-state index in [1.807, 2.05) is 19.1 Å². The van der Waals surface area contributed by atoms with Crippen molar-refractivity contribution < 1.29 is 19.4 Å². The molecule has 1 aromatic rings. The summed E-state index contributed by atoms with van der Waals surface area (Å²) in [6.45, 7) is 7.71. The minimum atomic E-state index is -0.513. The van der Waals surface area contributed by atoms with Crippen molar-refractivity contribution in [2.75, 3.05) is 64.8 Å². The molecular formula is C19H28N4O4. The van der Waals surface area contributed by atoms with Gasteiger partial charge in [0.2, 0.25) is 0 Å². The number of ether oxygens (including phenoxy) is 2. The molecule has 4 rings (SSSR count). The molecule has 2 atom stereocenters. The average molecular weight is 376 g/mol. The highest BCUT2D eigenvalue weighted by atomic mass is 16.6. The van der Waals surface area contributed by atoms with Gasteiger partial charge in [-0.1, -0.05) is 0 Å². The molecular weight excluding hydrogens is 348 g/mol. The number of amides is 2. The second kappa shape index (κ2) is 7.53. The molecule has 27 heavy (non-hydrogen) atoms. The molecule has 0 radical (unpaired) electrons. The molecule has 0 unspecified atom stereocenters. The summed E-state index contributed by atoms with van der Waals surface area (Å²) in [6.07, 6.45) is -0.513. The SMILES string of the molecule is Cc1cc2c(cc1NC(=O)N1C[C@H](O)[C@@H](N3CCN(C)CC3)C1)OCCO2. The highest BCUT2D eigenvalue weighted by molar-refractivity contribution is 5.91. The fraction of sp³-hybridized carbons (Fsp3) is 0.632. The van der Waals surface area contributed by atoms with Crippen molar-refractivity contribution in [3.05, 3.63) is 17.7 Å². The second-order valence-electron chi connectivity index (χ2n) is 7.62. The zero-order valence-electron chi connectivity index (χ0n) is 16.0. The molecule has 0 spiro atoms. The van der Waals surface area contributed by atoms with Gasteiger partial charge in [0, 0.05) is 44.5 Å². The number of nitrogens with zero attached hydrogens (tertiary/aromatic N) is 3. The smallest absolute Gasteiger partial charge is 0.321 e. The zero-order valence-corrected chi connectivity index (χ0v) is 16.0. The molecule has 148 valence electrons. The van der Waals surface area contributed by atoms with Gasteiger partial charge < -0.3 is 29.7 Å². The summed E-state index contributed by atoms with van der Waals surface area (Å²) in [7, 11) is 2.11. The van der Waals surface area contributed by atoms with Gasteiger partial charge in [-0.15, -0.1) is 0 Å². The molecule has 2 saturated heterocycles. The molecule has 8 nitrogen and oxygen atoms in total. The van der Waals surface area contributed by atoms with Crippen LogP contribution < -0.4 is 14.8 Å². The number of benzene rings is 1. The number of piperazine rings is 1. The molecule has 2 fully saturated rings. The molecule has 3 aliphatic rings. The zero-order chi connectivity index (χ0) is 19.0. The summed E-state index contributed by atoms with van der Waals surface area (Å²) in [5, 5.41) is 13.5. The first-order chi connectivity index (χ1) is 13.0. The van der Waals surface area contributed by atoms with Gasteiger partial charge in [-0.3, -0.25) is 4.90 Å². The highest BCUT2D eigenvalue weighted by Crippen LogP contribution is 2.35. The standard InChI is InChI=1S/C19H28N4O4/c1-13-9-17-18(27-8-7-26-17)10-14(13)20-19(25)23-11-15(16(24)12-23)22-5-3-21(2)4-6-22/h9-10,15-16,24H,3-8,11-12H2,1-2H3,(H,20,25)/t15-,16-/m0/s1. The number of urea groups is 1. The molecule has 3 heterocycles. The molecule has 1 aromatic carbocycles. The molecule has 8 heteroatoms. The third-order valence-corrected chi connectivity index (χ3v) is 5.68. The number of likely N-dealkylation sites (N-methyl/N-ethyl adjacent to an activating group) is 1. The van der Waals surface area contributed by atoms with Crippen LogP contribution in [0, 0.1) is 6.92 Å². The van der Waals surface area contributed by atoms with Gasteiger partial charge in [-0.2, -0.15) is 0 Å². The van der Waals surface area contributed by atoms with Gasteiger partial charge in [-0.25, -0.2) is 4.79 Å². The van der Waals surface area contributed by atoms with Crippen molar-refractivity contribution in [3.8, 4) is 11.5 Å². The predicted molar refractivity (Wildman–Crippen MR) is 102 cm³/mol. The Morgan fingerprint density at radius 1 is 1.11 bits per heavy atom. The fourth-order valence-electron chi connectivity index (χ4n) is 3.97. The first kappa shape index (κ1) is 18.3. The first-order valence-corrected chi connectivity index (χ1v) is 9.58. The summed E-state index contributed by atoms with van der Waals surface area (Å²) in [6, 6.07) is 3.51. The summed E-state index contributed by atoms with van der Waals surface area (Å²) in [5.41, 5.74) is 1.63. The third kappa shape index (κ3) is 3.83. The number of carbonyl (C=O) groups excluding carboxylic acids is 1. The number of hydrogen-bond acceptors (Lipinski definition) is 6. The van der Waals surface area contributed by atoms with Crippen LogP contribution in [-0.4, -0.2) is 97.5 Å². The summed E-state index contributed by atoms with van der Waals surface area (Å²) < 4.78 is 11.2. The molecule has 0 saturated carbocycles.